The zero-order chi connectivity index (χ0) is 35.6. The second-order valence-electron chi connectivity index (χ2n) is 14.4. The van der Waals surface area contributed by atoms with Crippen molar-refractivity contribution < 1.29 is 0 Å². The monoisotopic (exact) mass is 682 g/mol. The molecule has 0 spiro atoms. The van der Waals surface area contributed by atoms with E-state index < -0.39 is 0 Å². The summed E-state index contributed by atoms with van der Waals surface area (Å²) in [4.78, 5) is 0. The van der Waals surface area contributed by atoms with Gasteiger partial charge >= 0.3 is 0 Å². The molecule has 250 valence electrons. The van der Waals surface area contributed by atoms with E-state index >= 15 is 0 Å². The average Bonchev–Trinajstić information content (AvgIpc) is 3.25. The van der Waals surface area contributed by atoms with E-state index in [4.69, 9.17) is 0 Å². The molecule has 0 aromatic heterocycles. The Morgan fingerprint density at radius 1 is 0.204 bits per heavy atom. The molecule has 0 saturated carbocycles. The quantitative estimate of drug-likeness (QED) is 0.128. The fourth-order valence-electron chi connectivity index (χ4n) is 8.88. The van der Waals surface area contributed by atoms with Gasteiger partial charge in [-0.2, -0.15) is 0 Å². The summed E-state index contributed by atoms with van der Waals surface area (Å²) in [6.45, 7) is 0. The molecule has 0 aliphatic carbocycles. The zero-order valence-electron chi connectivity index (χ0n) is 29.6. The van der Waals surface area contributed by atoms with Gasteiger partial charge in [0.1, 0.15) is 0 Å². The average molecular weight is 683 g/mol. The van der Waals surface area contributed by atoms with E-state index in [2.05, 4.69) is 206 Å². The van der Waals surface area contributed by atoms with Crippen molar-refractivity contribution in [2.45, 2.75) is 0 Å². The normalized spacial score (nSPS) is 11.7. The van der Waals surface area contributed by atoms with E-state index in [0.717, 1.165) is 0 Å². The molecule has 0 aliphatic heterocycles. The zero-order valence-corrected chi connectivity index (χ0v) is 29.6. The molecule has 54 heavy (non-hydrogen) atoms. The number of rotatable bonds is 4. The summed E-state index contributed by atoms with van der Waals surface area (Å²) >= 11 is 0. The molecule has 11 aromatic rings. The minimum absolute atomic E-state index is 1.22. The Hall–Kier alpha value is -7.02. The fourth-order valence-corrected chi connectivity index (χ4v) is 8.88. The summed E-state index contributed by atoms with van der Waals surface area (Å²) in [7, 11) is 0. The van der Waals surface area contributed by atoms with E-state index in [1.807, 2.05) is 0 Å². The van der Waals surface area contributed by atoms with Gasteiger partial charge in [-0.1, -0.05) is 194 Å². The van der Waals surface area contributed by atoms with Crippen molar-refractivity contribution in [1.82, 2.24) is 0 Å². The highest BCUT2D eigenvalue weighted by atomic mass is 14.2. The topological polar surface area (TPSA) is 0 Å². The molecule has 0 amide bonds. The Bertz CT molecular complexity index is 3180. The largest absolute Gasteiger partial charge is 0.0616 e. The SMILES string of the molecule is c1ccc2cc(-c3ccc(-c4c5ccccc5c(-c5ccc(-c6cc7ccc8ccccc8c7c7ccccc67)cc5)c5ccccc45)cc3)ccc2c1. The van der Waals surface area contributed by atoms with Crippen molar-refractivity contribution >= 4 is 64.6 Å². The van der Waals surface area contributed by atoms with Crippen LogP contribution < -0.4 is 0 Å². The van der Waals surface area contributed by atoms with E-state index in [1.165, 1.54) is 109 Å². The maximum atomic E-state index is 2.38. The maximum absolute atomic E-state index is 2.38. The van der Waals surface area contributed by atoms with Gasteiger partial charge in [0, 0.05) is 0 Å². The minimum Gasteiger partial charge on any atom is -0.0616 e. The highest BCUT2D eigenvalue weighted by Crippen LogP contribution is 2.45. The number of benzene rings is 11. The van der Waals surface area contributed by atoms with Crippen LogP contribution in [-0.2, 0) is 0 Å². The van der Waals surface area contributed by atoms with Gasteiger partial charge in [0.05, 0.1) is 0 Å². The third kappa shape index (κ3) is 4.85. The molecule has 0 heteroatoms. The van der Waals surface area contributed by atoms with Gasteiger partial charge in [0.2, 0.25) is 0 Å². The summed E-state index contributed by atoms with van der Waals surface area (Å²) in [5, 5.41) is 15.3. The minimum atomic E-state index is 1.22. The summed E-state index contributed by atoms with van der Waals surface area (Å²) in [6, 6.07) is 76.1. The highest BCUT2D eigenvalue weighted by molar-refractivity contribution is 6.24. The van der Waals surface area contributed by atoms with Crippen LogP contribution in [-0.4, -0.2) is 0 Å². The molecule has 0 radical (unpaired) electrons. The van der Waals surface area contributed by atoms with E-state index in [9.17, 15) is 0 Å². The number of fused-ring (bicyclic) bond motifs is 8. The van der Waals surface area contributed by atoms with Gasteiger partial charge in [-0.05, 0) is 121 Å². The van der Waals surface area contributed by atoms with Crippen LogP contribution in [0.15, 0.2) is 206 Å². The number of hydrogen-bond donors (Lipinski definition) is 0. The second-order valence-corrected chi connectivity index (χ2v) is 14.4. The predicted octanol–water partition coefficient (Wildman–Crippen LogP) is 15.3. The van der Waals surface area contributed by atoms with Gasteiger partial charge in [-0.25, -0.2) is 0 Å². The Kier molecular flexibility index (Phi) is 6.97. The molecule has 0 N–H and O–H groups in total. The van der Waals surface area contributed by atoms with Crippen molar-refractivity contribution in [2.75, 3.05) is 0 Å². The van der Waals surface area contributed by atoms with Crippen LogP contribution >= 0.6 is 0 Å². The van der Waals surface area contributed by atoms with Crippen molar-refractivity contribution in [2.24, 2.45) is 0 Å². The van der Waals surface area contributed by atoms with Gasteiger partial charge in [0.25, 0.3) is 0 Å². The smallest absolute Gasteiger partial charge is 0.00264 e. The molecular weight excluding hydrogens is 649 g/mol. The van der Waals surface area contributed by atoms with Gasteiger partial charge in [-0.3, -0.25) is 0 Å². The van der Waals surface area contributed by atoms with Gasteiger partial charge < -0.3 is 0 Å². The molecule has 0 aliphatic rings. The molecule has 0 nitrogen and oxygen atoms in total. The van der Waals surface area contributed by atoms with E-state index in [-0.39, 0.29) is 0 Å². The molecule has 11 aromatic carbocycles. The molecule has 0 heterocycles. The molecule has 0 atom stereocenters. The summed E-state index contributed by atoms with van der Waals surface area (Å²) in [5.41, 5.74) is 9.95. The summed E-state index contributed by atoms with van der Waals surface area (Å²) in [5.74, 6) is 0. The van der Waals surface area contributed by atoms with Crippen molar-refractivity contribution in [1.29, 1.82) is 0 Å². The molecule has 0 unspecified atom stereocenters. The van der Waals surface area contributed by atoms with Crippen LogP contribution in [0.1, 0.15) is 0 Å². The third-order valence-electron chi connectivity index (χ3n) is 11.4. The lowest BCUT2D eigenvalue weighted by Crippen LogP contribution is -1.91. The van der Waals surface area contributed by atoms with Gasteiger partial charge in [-0.15, -0.1) is 0 Å². The van der Waals surface area contributed by atoms with Crippen LogP contribution in [0, 0.1) is 0 Å². The van der Waals surface area contributed by atoms with E-state index in [1.54, 1.807) is 0 Å². The lowest BCUT2D eigenvalue weighted by molar-refractivity contribution is 1.62. The second kappa shape index (κ2) is 12.3. The predicted molar refractivity (Wildman–Crippen MR) is 233 cm³/mol. The van der Waals surface area contributed by atoms with Crippen LogP contribution in [0.4, 0.5) is 0 Å². The fraction of sp³-hybridized carbons (Fsp3) is 0. The van der Waals surface area contributed by atoms with Crippen LogP contribution in [0.3, 0.4) is 0 Å². The first-order valence-electron chi connectivity index (χ1n) is 18.8. The summed E-state index contributed by atoms with van der Waals surface area (Å²) in [6.07, 6.45) is 0. The Labute approximate surface area is 314 Å². The van der Waals surface area contributed by atoms with Crippen molar-refractivity contribution in [3.05, 3.63) is 206 Å². The highest BCUT2D eigenvalue weighted by Gasteiger charge is 2.17. The molecule has 0 saturated heterocycles. The Morgan fingerprint density at radius 2 is 0.611 bits per heavy atom. The van der Waals surface area contributed by atoms with Crippen LogP contribution in [0.25, 0.3) is 109 Å². The summed E-state index contributed by atoms with van der Waals surface area (Å²) < 4.78 is 0. The number of hydrogen-bond acceptors (Lipinski definition) is 0. The van der Waals surface area contributed by atoms with Crippen molar-refractivity contribution in [3.8, 4) is 44.5 Å². The van der Waals surface area contributed by atoms with Crippen LogP contribution in [0.2, 0.25) is 0 Å². The Balaban J connectivity index is 1.04. The maximum Gasteiger partial charge on any atom is -0.00264 e. The molecule has 0 bridgehead atoms. The van der Waals surface area contributed by atoms with Crippen LogP contribution in [0.5, 0.6) is 0 Å². The lowest BCUT2D eigenvalue weighted by Gasteiger charge is -2.18. The first kappa shape index (κ1) is 30.6. The van der Waals surface area contributed by atoms with E-state index in [0.29, 0.717) is 0 Å². The Morgan fingerprint density at radius 3 is 1.22 bits per heavy atom. The first-order chi connectivity index (χ1) is 26.8. The molecule has 11 rings (SSSR count). The first-order valence-corrected chi connectivity index (χ1v) is 18.8. The molecule has 0 fully saturated rings. The molecular formula is C54H34. The standard InChI is InChI=1S/C54H34/c1-2-13-41-33-42(31-23-35(41)11-1)36-21-27-39(28-22-36)52-47-17-7-9-19-49(47)53(50-20-10-8-18-48(50)52)40-29-24-38(25-30-40)51-34-43-32-26-37-12-3-4-14-44(37)54(43)46-16-6-5-15-45(46)51/h1-34H. The van der Waals surface area contributed by atoms with Gasteiger partial charge in [0.15, 0.2) is 0 Å². The van der Waals surface area contributed by atoms with Crippen molar-refractivity contribution in [3.63, 3.8) is 0 Å². The third-order valence-corrected chi connectivity index (χ3v) is 11.4. The lowest BCUT2D eigenvalue weighted by atomic mass is 9.85.